The molecule has 2 rings (SSSR count). The Morgan fingerprint density at radius 2 is 1.96 bits per heavy atom. The summed E-state index contributed by atoms with van der Waals surface area (Å²) in [6, 6.07) is 3.43. The highest BCUT2D eigenvalue weighted by molar-refractivity contribution is 9.10. The summed E-state index contributed by atoms with van der Waals surface area (Å²) < 4.78 is 11.8. The number of carbonyl (C=O) groups is 3. The molecule has 0 spiro atoms. The molecule has 1 aliphatic rings. The summed E-state index contributed by atoms with van der Waals surface area (Å²) in [6.45, 7) is 3.94. The monoisotopic (exact) mass is 429 g/mol. The molecule has 0 radical (unpaired) electrons. The van der Waals surface area contributed by atoms with Crippen molar-refractivity contribution in [3.8, 4) is 11.5 Å². The molecule has 1 aliphatic heterocycles. The fourth-order valence-electron chi connectivity index (χ4n) is 2.14. The van der Waals surface area contributed by atoms with Crippen LogP contribution in [0.5, 0.6) is 11.5 Å². The number of amides is 2. The van der Waals surface area contributed by atoms with Crippen LogP contribution < -0.4 is 9.47 Å². The number of aliphatic carboxylic acids is 1. The fourth-order valence-corrected chi connectivity index (χ4v) is 3.55. The van der Waals surface area contributed by atoms with Gasteiger partial charge in [0.2, 0.25) is 0 Å². The van der Waals surface area contributed by atoms with Gasteiger partial charge in [0, 0.05) is 0 Å². The SMILES string of the molecule is CCOc1cc(/C=C2/SC(=O)N(CC(=O)O)C2=O)cc(Br)c1OCC. The third-order valence-corrected chi connectivity index (χ3v) is 4.58. The number of halogens is 1. The van der Waals surface area contributed by atoms with Crippen molar-refractivity contribution in [3.05, 3.63) is 27.1 Å². The second-order valence-corrected chi connectivity index (χ2v) is 6.71. The summed E-state index contributed by atoms with van der Waals surface area (Å²) in [4.78, 5) is 35.6. The molecule has 134 valence electrons. The molecule has 7 nitrogen and oxygen atoms in total. The quantitative estimate of drug-likeness (QED) is 0.663. The van der Waals surface area contributed by atoms with Gasteiger partial charge < -0.3 is 14.6 Å². The first-order valence-electron chi connectivity index (χ1n) is 7.43. The summed E-state index contributed by atoms with van der Waals surface area (Å²) in [6.07, 6.45) is 1.52. The zero-order chi connectivity index (χ0) is 18.6. The zero-order valence-corrected chi connectivity index (χ0v) is 16.0. The Kier molecular flexibility index (Phi) is 6.49. The van der Waals surface area contributed by atoms with Crippen molar-refractivity contribution >= 4 is 50.9 Å². The number of imide groups is 1. The van der Waals surface area contributed by atoms with E-state index in [1.165, 1.54) is 6.08 Å². The van der Waals surface area contributed by atoms with Crippen LogP contribution >= 0.6 is 27.7 Å². The number of carboxylic acid groups (broad SMARTS) is 1. The van der Waals surface area contributed by atoms with Crippen molar-refractivity contribution in [2.75, 3.05) is 19.8 Å². The van der Waals surface area contributed by atoms with Gasteiger partial charge in [-0.25, -0.2) is 0 Å². The second kappa shape index (κ2) is 8.39. The maximum Gasteiger partial charge on any atom is 0.323 e. The molecule has 2 amide bonds. The van der Waals surface area contributed by atoms with Gasteiger partial charge in [0.25, 0.3) is 11.1 Å². The molecule has 0 atom stereocenters. The van der Waals surface area contributed by atoms with E-state index >= 15 is 0 Å². The first-order chi connectivity index (χ1) is 11.9. The number of thioether (sulfide) groups is 1. The maximum absolute atomic E-state index is 12.2. The lowest BCUT2D eigenvalue weighted by molar-refractivity contribution is -0.140. The third-order valence-electron chi connectivity index (χ3n) is 3.09. The molecular formula is C16H16BrNO6S. The molecule has 1 saturated heterocycles. The van der Waals surface area contributed by atoms with E-state index in [1.54, 1.807) is 12.1 Å². The normalized spacial score (nSPS) is 15.8. The molecule has 1 aromatic carbocycles. The summed E-state index contributed by atoms with van der Waals surface area (Å²) in [5.41, 5.74) is 0.625. The van der Waals surface area contributed by atoms with Crippen molar-refractivity contribution in [1.29, 1.82) is 0 Å². The lowest BCUT2D eigenvalue weighted by Crippen LogP contribution is -2.33. The second-order valence-electron chi connectivity index (χ2n) is 4.86. The number of benzene rings is 1. The van der Waals surface area contributed by atoms with E-state index in [2.05, 4.69) is 15.9 Å². The molecule has 1 aromatic rings. The smallest absolute Gasteiger partial charge is 0.323 e. The van der Waals surface area contributed by atoms with Crippen LogP contribution in [0.1, 0.15) is 19.4 Å². The van der Waals surface area contributed by atoms with Gasteiger partial charge >= 0.3 is 5.97 Å². The highest BCUT2D eigenvalue weighted by Crippen LogP contribution is 2.39. The van der Waals surface area contributed by atoms with E-state index in [0.29, 0.717) is 51.4 Å². The zero-order valence-electron chi connectivity index (χ0n) is 13.6. The van der Waals surface area contributed by atoms with Crippen LogP contribution in [0.2, 0.25) is 0 Å². The molecule has 0 saturated carbocycles. The van der Waals surface area contributed by atoms with Crippen molar-refractivity contribution in [3.63, 3.8) is 0 Å². The highest BCUT2D eigenvalue weighted by atomic mass is 79.9. The molecule has 0 aliphatic carbocycles. The van der Waals surface area contributed by atoms with Gasteiger partial charge in [-0.3, -0.25) is 19.3 Å². The van der Waals surface area contributed by atoms with Gasteiger partial charge in [0.1, 0.15) is 6.54 Å². The highest BCUT2D eigenvalue weighted by Gasteiger charge is 2.36. The van der Waals surface area contributed by atoms with E-state index in [0.717, 1.165) is 0 Å². The third kappa shape index (κ3) is 4.55. The summed E-state index contributed by atoms with van der Waals surface area (Å²) in [7, 11) is 0. The van der Waals surface area contributed by atoms with Crippen LogP contribution in [-0.4, -0.2) is 46.9 Å². The Bertz CT molecular complexity index is 748. The van der Waals surface area contributed by atoms with E-state index < -0.39 is 23.7 Å². The number of hydrogen-bond acceptors (Lipinski definition) is 6. The minimum atomic E-state index is -1.24. The number of carboxylic acids is 1. The van der Waals surface area contributed by atoms with Crippen LogP contribution in [0.15, 0.2) is 21.5 Å². The lowest BCUT2D eigenvalue weighted by Gasteiger charge is -2.13. The molecule has 0 unspecified atom stereocenters. The number of carbonyl (C=O) groups excluding carboxylic acids is 2. The van der Waals surface area contributed by atoms with E-state index in [1.807, 2.05) is 13.8 Å². The van der Waals surface area contributed by atoms with Gasteiger partial charge in [-0.2, -0.15) is 0 Å². The van der Waals surface area contributed by atoms with E-state index in [-0.39, 0.29) is 4.91 Å². The number of rotatable bonds is 7. The molecule has 25 heavy (non-hydrogen) atoms. The molecule has 1 heterocycles. The lowest BCUT2D eigenvalue weighted by atomic mass is 10.2. The first kappa shape index (κ1) is 19.3. The summed E-state index contributed by atoms with van der Waals surface area (Å²) in [5.74, 6) is -0.804. The number of ether oxygens (including phenoxy) is 2. The standard InChI is InChI=1S/C16H16BrNO6S/c1-3-23-11-6-9(5-10(17)14(11)24-4-2)7-12-15(21)18(8-13(19)20)16(22)25-12/h5-7H,3-4,8H2,1-2H3,(H,19,20)/b12-7+. The predicted molar refractivity (Wildman–Crippen MR) is 96.8 cm³/mol. The Balaban J connectivity index is 2.36. The molecule has 9 heteroatoms. The first-order valence-corrected chi connectivity index (χ1v) is 9.04. The van der Waals surface area contributed by atoms with E-state index in [4.69, 9.17) is 14.6 Å². The van der Waals surface area contributed by atoms with Crippen molar-refractivity contribution in [1.82, 2.24) is 4.90 Å². The van der Waals surface area contributed by atoms with Crippen LogP contribution in [0.3, 0.4) is 0 Å². The van der Waals surface area contributed by atoms with Crippen molar-refractivity contribution in [2.45, 2.75) is 13.8 Å². The van der Waals surface area contributed by atoms with Crippen LogP contribution in [0.25, 0.3) is 6.08 Å². The Morgan fingerprint density at radius 3 is 2.56 bits per heavy atom. The molecule has 1 N–H and O–H groups in total. The molecule has 0 bridgehead atoms. The minimum Gasteiger partial charge on any atom is -0.490 e. The van der Waals surface area contributed by atoms with Gasteiger partial charge in [-0.15, -0.1) is 0 Å². The molecule has 0 aromatic heterocycles. The van der Waals surface area contributed by atoms with Crippen LogP contribution in [0.4, 0.5) is 4.79 Å². The summed E-state index contributed by atoms with van der Waals surface area (Å²) >= 11 is 4.11. The van der Waals surface area contributed by atoms with Crippen molar-refractivity contribution in [2.24, 2.45) is 0 Å². The molecular weight excluding hydrogens is 414 g/mol. The number of nitrogens with zero attached hydrogens (tertiary/aromatic N) is 1. The van der Waals surface area contributed by atoms with Gasteiger partial charge in [-0.1, -0.05) is 0 Å². The van der Waals surface area contributed by atoms with Crippen molar-refractivity contribution < 1.29 is 29.0 Å². The Morgan fingerprint density at radius 1 is 1.28 bits per heavy atom. The Hall–Kier alpha value is -2.00. The van der Waals surface area contributed by atoms with Crippen LogP contribution in [0, 0.1) is 0 Å². The molecule has 1 fully saturated rings. The average molecular weight is 430 g/mol. The Labute approximate surface area is 157 Å². The maximum atomic E-state index is 12.2. The van der Waals surface area contributed by atoms with Gasteiger partial charge in [0.15, 0.2) is 11.5 Å². The van der Waals surface area contributed by atoms with E-state index in [9.17, 15) is 14.4 Å². The van der Waals surface area contributed by atoms with Gasteiger partial charge in [0.05, 0.1) is 22.6 Å². The topological polar surface area (TPSA) is 93.1 Å². The fraction of sp³-hybridized carbons (Fsp3) is 0.312. The average Bonchev–Trinajstić information content (AvgIpc) is 2.78. The predicted octanol–water partition coefficient (Wildman–Crippen LogP) is 3.37. The number of hydrogen-bond donors (Lipinski definition) is 1. The summed E-state index contributed by atoms with van der Waals surface area (Å²) in [5, 5.41) is 8.18. The largest absolute Gasteiger partial charge is 0.490 e. The van der Waals surface area contributed by atoms with Gasteiger partial charge in [-0.05, 0) is 65.3 Å². The minimum absolute atomic E-state index is 0.157. The van der Waals surface area contributed by atoms with Crippen LogP contribution in [-0.2, 0) is 9.59 Å².